The van der Waals surface area contributed by atoms with Crippen LogP contribution in [0.2, 0.25) is 0 Å². The Hall–Kier alpha value is -3.87. The summed E-state index contributed by atoms with van der Waals surface area (Å²) in [5, 5.41) is 17.9. The molecule has 3 aromatic heterocycles. The molecule has 0 amide bonds. The van der Waals surface area contributed by atoms with Gasteiger partial charge in [0.1, 0.15) is 5.82 Å². The molecule has 0 aliphatic carbocycles. The maximum atomic E-state index is 4.72. The number of fused-ring (bicyclic) bond motifs is 2. The number of hydrogen-bond acceptors (Lipinski definition) is 5. The smallest absolute Gasteiger partial charge is 0.178 e. The first-order valence-corrected chi connectivity index (χ1v) is 10.9. The van der Waals surface area contributed by atoms with E-state index in [1.165, 1.54) is 22.2 Å². The van der Waals surface area contributed by atoms with E-state index in [-0.39, 0.29) is 5.92 Å². The van der Waals surface area contributed by atoms with E-state index in [2.05, 4.69) is 101 Å². The normalized spacial score (nSPS) is 12.3. The van der Waals surface area contributed by atoms with Gasteiger partial charge in [-0.2, -0.15) is 4.52 Å². The number of benzene rings is 2. The zero-order chi connectivity index (χ0) is 22.1. The summed E-state index contributed by atoms with van der Waals surface area (Å²) in [6.07, 6.45) is 2.91. The molecule has 0 bridgehead atoms. The number of aromatic amines is 1. The van der Waals surface area contributed by atoms with Gasteiger partial charge in [0, 0.05) is 55.8 Å². The molecule has 1 unspecified atom stereocenters. The van der Waals surface area contributed by atoms with Gasteiger partial charge in [0.2, 0.25) is 0 Å². The van der Waals surface area contributed by atoms with Gasteiger partial charge in [0.25, 0.3) is 0 Å². The van der Waals surface area contributed by atoms with Crippen LogP contribution in [0.25, 0.3) is 16.6 Å². The zero-order valence-electron chi connectivity index (χ0n) is 18.6. The molecule has 0 aliphatic rings. The summed E-state index contributed by atoms with van der Waals surface area (Å²) in [6.45, 7) is 2.77. The number of para-hydroxylation sites is 1. The van der Waals surface area contributed by atoms with Crippen molar-refractivity contribution in [1.29, 1.82) is 0 Å². The van der Waals surface area contributed by atoms with E-state index >= 15 is 0 Å². The Morgan fingerprint density at radius 2 is 1.81 bits per heavy atom. The van der Waals surface area contributed by atoms with Crippen molar-refractivity contribution < 1.29 is 0 Å². The quantitative estimate of drug-likeness (QED) is 0.402. The van der Waals surface area contributed by atoms with Crippen LogP contribution in [0.3, 0.4) is 0 Å². The molecule has 0 radical (unpaired) electrons. The molecule has 0 saturated heterocycles. The Labute approximate surface area is 187 Å². The predicted molar refractivity (Wildman–Crippen MR) is 130 cm³/mol. The third kappa shape index (κ3) is 3.66. The second-order valence-corrected chi connectivity index (χ2v) is 8.17. The molecule has 7 nitrogen and oxygen atoms in total. The molecule has 5 aromatic rings. The van der Waals surface area contributed by atoms with Crippen molar-refractivity contribution in [3.63, 3.8) is 0 Å². The summed E-state index contributed by atoms with van der Waals surface area (Å²) in [5.74, 6) is 1.82. The average Bonchev–Trinajstić information content (AvgIpc) is 3.43. The summed E-state index contributed by atoms with van der Waals surface area (Å²) in [4.78, 5) is 5.55. The minimum atomic E-state index is 0.159. The van der Waals surface area contributed by atoms with Crippen LogP contribution in [0.5, 0.6) is 0 Å². The van der Waals surface area contributed by atoms with Gasteiger partial charge >= 0.3 is 0 Å². The maximum Gasteiger partial charge on any atom is 0.178 e. The lowest BCUT2D eigenvalue weighted by molar-refractivity contribution is 0.808. The summed E-state index contributed by atoms with van der Waals surface area (Å²) in [7, 11) is 4.12. The maximum absolute atomic E-state index is 4.72. The number of anilines is 2. The molecule has 0 aliphatic heterocycles. The minimum absolute atomic E-state index is 0.159. The lowest BCUT2D eigenvalue weighted by atomic mass is 9.90. The number of hydrogen-bond donors (Lipinski definition) is 2. The fourth-order valence-electron chi connectivity index (χ4n) is 4.15. The van der Waals surface area contributed by atoms with Crippen LogP contribution < -0.4 is 10.2 Å². The van der Waals surface area contributed by atoms with Crippen molar-refractivity contribution in [3.05, 3.63) is 83.8 Å². The standard InChI is InChI=1S/C25H27N7/c1-4-24-28-29-25-14-13-23(30-32(24)25)27-15-20(17-9-11-18(12-10-17)31(2)3)21-16-26-22-8-6-5-7-19(21)22/h5-14,16,20,26H,4,15H2,1-3H3,(H,27,30). The molecule has 0 spiro atoms. The van der Waals surface area contributed by atoms with E-state index in [0.29, 0.717) is 6.54 Å². The first-order chi connectivity index (χ1) is 15.6. The summed E-state index contributed by atoms with van der Waals surface area (Å²) in [5.41, 5.74) is 5.62. The second kappa shape index (κ2) is 8.34. The van der Waals surface area contributed by atoms with Gasteiger partial charge in [-0.15, -0.1) is 15.3 Å². The van der Waals surface area contributed by atoms with Gasteiger partial charge in [-0.25, -0.2) is 0 Å². The summed E-state index contributed by atoms with van der Waals surface area (Å²) < 4.78 is 1.81. The van der Waals surface area contributed by atoms with Gasteiger partial charge < -0.3 is 15.2 Å². The second-order valence-electron chi connectivity index (χ2n) is 8.17. The number of nitrogens with one attached hydrogen (secondary N) is 2. The van der Waals surface area contributed by atoms with Crippen molar-refractivity contribution in [3.8, 4) is 0 Å². The van der Waals surface area contributed by atoms with Crippen LogP contribution in [-0.2, 0) is 6.42 Å². The molecule has 7 heteroatoms. The highest BCUT2D eigenvalue weighted by Gasteiger charge is 2.19. The van der Waals surface area contributed by atoms with Gasteiger partial charge in [-0.05, 0) is 41.5 Å². The van der Waals surface area contributed by atoms with Crippen molar-refractivity contribution in [1.82, 2.24) is 24.8 Å². The molecule has 32 heavy (non-hydrogen) atoms. The fraction of sp³-hybridized carbons (Fsp3) is 0.240. The van der Waals surface area contributed by atoms with Gasteiger partial charge in [0.05, 0.1) is 0 Å². The zero-order valence-corrected chi connectivity index (χ0v) is 18.6. The van der Waals surface area contributed by atoms with Crippen LogP contribution >= 0.6 is 0 Å². The average molecular weight is 426 g/mol. The number of nitrogens with zero attached hydrogens (tertiary/aromatic N) is 5. The third-order valence-electron chi connectivity index (χ3n) is 5.94. The van der Waals surface area contributed by atoms with Gasteiger partial charge in [-0.3, -0.25) is 0 Å². The third-order valence-corrected chi connectivity index (χ3v) is 5.94. The topological polar surface area (TPSA) is 74.1 Å². The highest BCUT2D eigenvalue weighted by molar-refractivity contribution is 5.84. The predicted octanol–water partition coefficient (Wildman–Crippen LogP) is 4.48. The molecular formula is C25H27N7. The molecule has 3 heterocycles. The van der Waals surface area contributed by atoms with Crippen LogP contribution in [0.15, 0.2) is 66.9 Å². The van der Waals surface area contributed by atoms with Crippen molar-refractivity contribution in [2.24, 2.45) is 0 Å². The van der Waals surface area contributed by atoms with Crippen molar-refractivity contribution in [2.75, 3.05) is 30.9 Å². The molecule has 0 saturated carbocycles. The van der Waals surface area contributed by atoms with Crippen LogP contribution in [0.4, 0.5) is 11.5 Å². The van der Waals surface area contributed by atoms with Gasteiger partial charge in [-0.1, -0.05) is 37.3 Å². The molecule has 0 fully saturated rings. The molecule has 5 rings (SSSR count). The van der Waals surface area contributed by atoms with E-state index < -0.39 is 0 Å². The Kier molecular flexibility index (Phi) is 5.23. The Balaban J connectivity index is 1.49. The first-order valence-electron chi connectivity index (χ1n) is 10.9. The van der Waals surface area contributed by atoms with Crippen molar-refractivity contribution >= 4 is 28.1 Å². The molecule has 2 aromatic carbocycles. The van der Waals surface area contributed by atoms with Crippen LogP contribution in [0, 0.1) is 0 Å². The lowest BCUT2D eigenvalue weighted by Crippen LogP contribution is -2.16. The fourth-order valence-corrected chi connectivity index (χ4v) is 4.15. The van der Waals surface area contributed by atoms with E-state index in [0.717, 1.165) is 29.2 Å². The van der Waals surface area contributed by atoms with Crippen molar-refractivity contribution in [2.45, 2.75) is 19.3 Å². The van der Waals surface area contributed by atoms with Crippen LogP contribution in [-0.4, -0.2) is 45.4 Å². The Bertz CT molecular complexity index is 1350. The Morgan fingerprint density at radius 3 is 2.59 bits per heavy atom. The monoisotopic (exact) mass is 425 g/mol. The lowest BCUT2D eigenvalue weighted by Gasteiger charge is -2.20. The highest BCUT2D eigenvalue weighted by Crippen LogP contribution is 2.32. The van der Waals surface area contributed by atoms with E-state index in [1.807, 2.05) is 16.6 Å². The van der Waals surface area contributed by atoms with Crippen LogP contribution in [0.1, 0.15) is 29.8 Å². The number of H-pyrrole nitrogens is 1. The molecule has 2 N–H and O–H groups in total. The minimum Gasteiger partial charge on any atom is -0.378 e. The molecular weight excluding hydrogens is 398 g/mol. The number of aryl methyl sites for hydroxylation is 1. The summed E-state index contributed by atoms with van der Waals surface area (Å²) >= 11 is 0. The van der Waals surface area contributed by atoms with E-state index in [9.17, 15) is 0 Å². The number of rotatable bonds is 7. The summed E-state index contributed by atoms with van der Waals surface area (Å²) in [6, 6.07) is 21.1. The molecule has 162 valence electrons. The van der Waals surface area contributed by atoms with E-state index in [1.54, 1.807) is 0 Å². The van der Waals surface area contributed by atoms with E-state index in [4.69, 9.17) is 5.10 Å². The number of aromatic nitrogens is 5. The Morgan fingerprint density at radius 1 is 1.00 bits per heavy atom. The molecule has 1 atom stereocenters. The largest absolute Gasteiger partial charge is 0.378 e. The highest BCUT2D eigenvalue weighted by atomic mass is 15.4. The van der Waals surface area contributed by atoms with Gasteiger partial charge in [0.15, 0.2) is 11.5 Å². The SMILES string of the molecule is CCc1nnc2ccc(NCC(c3ccc(N(C)C)cc3)c3c[nH]c4ccccc34)nn12. The first kappa shape index (κ1) is 20.1.